The highest BCUT2D eigenvalue weighted by Crippen LogP contribution is 2.61. The number of methoxy groups -OCH3 is 1. The summed E-state index contributed by atoms with van der Waals surface area (Å²) < 4.78 is 71.8. The molecule has 0 aliphatic carbocycles. The molecule has 4 aromatic rings. The van der Waals surface area contributed by atoms with Gasteiger partial charge in [0.05, 0.1) is 25.9 Å². The van der Waals surface area contributed by atoms with E-state index in [9.17, 15) is 14.2 Å². The third kappa shape index (κ3) is 5.49. The highest BCUT2D eigenvalue weighted by atomic mass is 32.7. The summed E-state index contributed by atoms with van der Waals surface area (Å²) in [5, 5.41) is 11.2. The van der Waals surface area contributed by atoms with Gasteiger partial charge in [-0.2, -0.15) is 0 Å². The van der Waals surface area contributed by atoms with Gasteiger partial charge in [-0.3, -0.25) is 27.2 Å². The number of anilines is 2. The number of nitrogens with zero attached hydrogens (tertiary/aromatic N) is 8. The molecule has 7 heterocycles. The Bertz CT molecular complexity index is 1900. The van der Waals surface area contributed by atoms with Crippen molar-refractivity contribution in [2.75, 3.05) is 31.8 Å². The molecule has 46 heavy (non-hydrogen) atoms. The van der Waals surface area contributed by atoms with Crippen LogP contribution in [0, 0.1) is 0 Å². The molecular weight excluding hydrogens is 690 g/mol. The molecule has 248 valence electrons. The summed E-state index contributed by atoms with van der Waals surface area (Å²) >= 11 is 8.39. The first-order valence-electron chi connectivity index (χ1n) is 13.5. The minimum absolute atomic E-state index is 0.102. The maximum Gasteiger partial charge on any atom is 0.386 e. The standard InChI is InChI=1S/C22H28N10O10P2S2/c1-22-4-38-44(35,46)41-13-12(33)9(39-20(13)31-7-29-10-16(23)25-5-27-18(10)31)3-37-43(34,45)42-15(22)14(36-2)21(40-22)32-8-30-11-17(24)26-6-28-19(11)32/h5-9,12-15,20-21,33H,3-4H2,1-2H3,(H,34,45)(H,35,46)(H2,23,25,27)(H2,24,26,28)/t9-,12-,13-,14-,15+,20-,21-,22-,43+,44+/m1/s1. The predicted molar refractivity (Wildman–Crippen MR) is 164 cm³/mol. The molecule has 0 radical (unpaired) electrons. The van der Waals surface area contributed by atoms with Gasteiger partial charge < -0.3 is 30.8 Å². The van der Waals surface area contributed by atoms with E-state index in [-0.39, 0.29) is 22.8 Å². The van der Waals surface area contributed by atoms with Gasteiger partial charge in [-0.1, -0.05) is 24.5 Å². The lowest BCUT2D eigenvalue weighted by atomic mass is 9.98. The predicted octanol–water partition coefficient (Wildman–Crippen LogP) is 1.28. The molecule has 0 spiro atoms. The van der Waals surface area contributed by atoms with E-state index in [1.807, 2.05) is 0 Å². The largest absolute Gasteiger partial charge is 0.387 e. The fourth-order valence-corrected chi connectivity index (χ4v) is 8.74. The second kappa shape index (κ2) is 11.6. The van der Waals surface area contributed by atoms with Crippen LogP contribution in [0.3, 0.4) is 0 Å². The van der Waals surface area contributed by atoms with Crippen molar-refractivity contribution in [2.24, 2.45) is 0 Å². The van der Waals surface area contributed by atoms with E-state index in [4.69, 9.17) is 43.8 Å². The number of aromatic nitrogens is 8. The van der Waals surface area contributed by atoms with Gasteiger partial charge in [0, 0.05) is 7.11 Å². The number of aliphatic hydroxyl groups is 1. The van der Waals surface area contributed by atoms with Gasteiger partial charge in [0.25, 0.3) is 0 Å². The van der Waals surface area contributed by atoms with Crippen molar-refractivity contribution in [1.82, 2.24) is 39.0 Å². The van der Waals surface area contributed by atoms with Gasteiger partial charge in [-0.15, -0.1) is 0 Å². The molecule has 20 nitrogen and oxygen atoms in total. The van der Waals surface area contributed by atoms with Crippen molar-refractivity contribution in [3.05, 3.63) is 25.3 Å². The third-order valence-electron chi connectivity index (χ3n) is 7.90. The SMILES string of the molecule is CO[C@H]1[C@H](n2cnc3c(N)ncnc32)O[C@]2(C)CO[P@](=O)(S)O[C@@H]3[C@H](O)[C@@H](CO[P@](=O)(S)O[C@@H]12)O[C@H]3n1cnc2c(N)ncnc21. The Morgan fingerprint density at radius 1 is 0.935 bits per heavy atom. The van der Waals surface area contributed by atoms with Crippen LogP contribution in [0.5, 0.6) is 0 Å². The van der Waals surface area contributed by atoms with E-state index >= 15 is 0 Å². The maximum atomic E-state index is 13.8. The van der Waals surface area contributed by atoms with Crippen LogP contribution in [0.1, 0.15) is 19.4 Å². The summed E-state index contributed by atoms with van der Waals surface area (Å²) in [6.45, 7) is -8.01. The summed E-state index contributed by atoms with van der Waals surface area (Å²) in [6.07, 6.45) is -3.21. The lowest BCUT2D eigenvalue weighted by molar-refractivity contribution is -0.112. The van der Waals surface area contributed by atoms with E-state index < -0.39 is 75.4 Å². The highest BCUT2D eigenvalue weighted by molar-refractivity contribution is 8.44. The van der Waals surface area contributed by atoms with Gasteiger partial charge in [0.1, 0.15) is 59.8 Å². The molecule has 3 aliphatic rings. The van der Waals surface area contributed by atoms with Crippen LogP contribution in [-0.4, -0.2) is 101 Å². The summed E-state index contributed by atoms with van der Waals surface area (Å²) in [4.78, 5) is 24.8. The Hall–Kier alpha value is -2.46. The van der Waals surface area contributed by atoms with Crippen LogP contribution < -0.4 is 11.5 Å². The molecule has 0 aromatic carbocycles. The van der Waals surface area contributed by atoms with Gasteiger partial charge >= 0.3 is 13.6 Å². The topological polar surface area (TPSA) is 258 Å². The normalized spacial score (nSPS) is 38.8. The fraction of sp³-hybridized carbons (Fsp3) is 0.545. The molecule has 10 atom stereocenters. The number of imidazole rings is 2. The smallest absolute Gasteiger partial charge is 0.386 e. The molecule has 2 bridgehead atoms. The number of nitrogens with two attached hydrogens (primary N) is 2. The van der Waals surface area contributed by atoms with Gasteiger partial charge in [0.2, 0.25) is 0 Å². The number of aliphatic hydroxyl groups excluding tert-OH is 1. The lowest BCUT2D eigenvalue weighted by Gasteiger charge is -2.33. The minimum Gasteiger partial charge on any atom is -0.387 e. The van der Waals surface area contributed by atoms with Crippen molar-refractivity contribution in [3.63, 3.8) is 0 Å². The Morgan fingerprint density at radius 3 is 2.13 bits per heavy atom. The van der Waals surface area contributed by atoms with Crippen LogP contribution in [0.2, 0.25) is 0 Å². The average molecular weight is 719 g/mol. The van der Waals surface area contributed by atoms with Gasteiger partial charge in [-0.05, 0) is 6.92 Å². The van der Waals surface area contributed by atoms with E-state index in [1.54, 1.807) is 6.92 Å². The van der Waals surface area contributed by atoms with E-state index in [0.717, 1.165) is 0 Å². The number of rotatable bonds is 3. The van der Waals surface area contributed by atoms with Crippen molar-refractivity contribution in [2.45, 2.75) is 55.5 Å². The van der Waals surface area contributed by atoms with Crippen LogP contribution in [0.25, 0.3) is 22.3 Å². The second-order valence-electron chi connectivity index (χ2n) is 10.8. The van der Waals surface area contributed by atoms with E-state index in [2.05, 4.69) is 54.4 Å². The molecule has 24 heteroatoms. The first kappa shape index (κ1) is 32.1. The Morgan fingerprint density at radius 2 is 1.52 bits per heavy atom. The van der Waals surface area contributed by atoms with Crippen LogP contribution in [-0.2, 0) is 41.4 Å². The summed E-state index contributed by atoms with van der Waals surface area (Å²) in [7, 11) is 1.39. The van der Waals surface area contributed by atoms with Crippen molar-refractivity contribution in [3.8, 4) is 0 Å². The van der Waals surface area contributed by atoms with Crippen LogP contribution in [0.4, 0.5) is 11.6 Å². The molecule has 7 rings (SSSR count). The molecule has 3 saturated heterocycles. The zero-order valence-corrected chi connectivity index (χ0v) is 27.5. The van der Waals surface area contributed by atoms with Gasteiger partial charge in [0.15, 0.2) is 35.4 Å². The summed E-state index contributed by atoms with van der Waals surface area (Å²) in [5.74, 6) is 0.243. The van der Waals surface area contributed by atoms with E-state index in [1.165, 1.54) is 41.6 Å². The minimum atomic E-state index is -4.32. The molecule has 4 aromatic heterocycles. The number of fused-ring (bicyclic) bond motifs is 5. The van der Waals surface area contributed by atoms with Crippen molar-refractivity contribution >= 4 is 72.1 Å². The Balaban J connectivity index is 1.24. The van der Waals surface area contributed by atoms with E-state index in [0.29, 0.717) is 11.2 Å². The molecule has 0 unspecified atom stereocenters. The highest BCUT2D eigenvalue weighted by Gasteiger charge is 2.59. The van der Waals surface area contributed by atoms with Crippen molar-refractivity contribution < 1.29 is 46.5 Å². The zero-order valence-electron chi connectivity index (χ0n) is 23.9. The molecule has 0 saturated carbocycles. The molecule has 3 aliphatic heterocycles. The average Bonchev–Trinajstić information content (AvgIpc) is 3.76. The fourth-order valence-electron chi connectivity index (χ4n) is 5.69. The number of hydrogen-bond acceptors (Lipinski definition) is 18. The lowest BCUT2D eigenvalue weighted by Crippen LogP contribution is -2.46. The molecule has 0 amide bonds. The van der Waals surface area contributed by atoms with Crippen LogP contribution in [0.15, 0.2) is 25.3 Å². The summed E-state index contributed by atoms with van der Waals surface area (Å²) in [6, 6.07) is 0. The maximum absolute atomic E-state index is 13.8. The monoisotopic (exact) mass is 718 g/mol. The Kier molecular flexibility index (Phi) is 8.10. The summed E-state index contributed by atoms with van der Waals surface area (Å²) in [5.41, 5.74) is 11.5. The Labute approximate surface area is 269 Å². The first-order chi connectivity index (χ1) is 21.8. The van der Waals surface area contributed by atoms with Gasteiger partial charge in [-0.25, -0.2) is 39.0 Å². The van der Waals surface area contributed by atoms with Crippen molar-refractivity contribution in [1.29, 1.82) is 0 Å². The molecule has 3 fully saturated rings. The van der Waals surface area contributed by atoms with Crippen LogP contribution >= 0.6 is 38.1 Å². The molecular formula is C22H28N10O10P2S2. The second-order valence-corrected chi connectivity index (χ2v) is 16.6. The number of ether oxygens (including phenoxy) is 3. The molecule has 5 N–H and O–H groups in total. The number of hydrogen-bond donors (Lipinski definition) is 5. The zero-order chi connectivity index (χ0) is 32.6. The number of nitrogen functional groups attached to an aromatic ring is 2. The number of thiol groups is 2. The quantitative estimate of drug-likeness (QED) is 0.148. The third-order valence-corrected chi connectivity index (χ3v) is 11.1. The first-order valence-corrected chi connectivity index (χ1v) is 18.9.